The van der Waals surface area contributed by atoms with Gasteiger partial charge in [0.25, 0.3) is 0 Å². The van der Waals surface area contributed by atoms with Gasteiger partial charge in [0, 0.05) is 35.9 Å². The summed E-state index contributed by atoms with van der Waals surface area (Å²) >= 11 is 6.11. The van der Waals surface area contributed by atoms with Gasteiger partial charge in [-0.3, -0.25) is 4.98 Å². The lowest BCUT2D eigenvalue weighted by Gasteiger charge is -2.11. The van der Waals surface area contributed by atoms with Crippen LogP contribution in [0.1, 0.15) is 29.7 Å². The first-order valence-corrected chi connectivity index (χ1v) is 7.09. The van der Waals surface area contributed by atoms with Gasteiger partial charge in [-0.25, -0.2) is 0 Å². The second kappa shape index (κ2) is 5.72. The maximum atomic E-state index is 6.11. The van der Waals surface area contributed by atoms with Gasteiger partial charge in [0.2, 0.25) is 0 Å². The molecule has 0 saturated heterocycles. The van der Waals surface area contributed by atoms with E-state index in [-0.39, 0.29) is 0 Å². The molecule has 3 rings (SSSR count). The molecule has 0 atom stereocenters. The quantitative estimate of drug-likeness (QED) is 0.900. The van der Waals surface area contributed by atoms with Gasteiger partial charge in [0.15, 0.2) is 0 Å². The molecule has 1 N–H and O–H groups in total. The SMILES string of the molecule is Clc1ccc(Cc2ccccn2)c(CNC2CC2)c1. The fourth-order valence-electron chi connectivity index (χ4n) is 2.17. The van der Waals surface area contributed by atoms with Gasteiger partial charge in [-0.05, 0) is 48.2 Å². The third-order valence-electron chi connectivity index (χ3n) is 3.42. The summed E-state index contributed by atoms with van der Waals surface area (Å²) in [5.41, 5.74) is 3.68. The first-order chi connectivity index (χ1) is 9.31. The van der Waals surface area contributed by atoms with Crippen molar-refractivity contribution >= 4 is 11.6 Å². The number of pyridine rings is 1. The van der Waals surface area contributed by atoms with Crippen molar-refractivity contribution in [1.29, 1.82) is 0 Å². The lowest BCUT2D eigenvalue weighted by atomic mass is 10.0. The maximum absolute atomic E-state index is 6.11. The zero-order valence-corrected chi connectivity index (χ0v) is 11.5. The smallest absolute Gasteiger partial charge is 0.0447 e. The van der Waals surface area contributed by atoms with Crippen molar-refractivity contribution in [3.63, 3.8) is 0 Å². The Kier molecular flexibility index (Phi) is 3.81. The predicted octanol–water partition coefficient (Wildman–Crippen LogP) is 3.58. The second-order valence-electron chi connectivity index (χ2n) is 5.07. The average molecular weight is 273 g/mol. The van der Waals surface area contributed by atoms with Crippen molar-refractivity contribution < 1.29 is 0 Å². The molecule has 98 valence electrons. The van der Waals surface area contributed by atoms with Crippen molar-refractivity contribution in [1.82, 2.24) is 10.3 Å². The molecule has 0 bridgehead atoms. The molecule has 0 spiro atoms. The van der Waals surface area contributed by atoms with E-state index in [4.69, 9.17) is 11.6 Å². The summed E-state index contributed by atoms with van der Waals surface area (Å²) in [5.74, 6) is 0. The summed E-state index contributed by atoms with van der Waals surface area (Å²) in [6.45, 7) is 0.896. The Morgan fingerprint density at radius 1 is 1.16 bits per heavy atom. The number of nitrogens with zero attached hydrogens (tertiary/aromatic N) is 1. The molecule has 3 heteroatoms. The van der Waals surface area contributed by atoms with Crippen molar-refractivity contribution in [3.8, 4) is 0 Å². The Morgan fingerprint density at radius 3 is 2.79 bits per heavy atom. The Bertz CT molecular complexity index is 550. The zero-order chi connectivity index (χ0) is 13.1. The number of hydrogen-bond donors (Lipinski definition) is 1. The predicted molar refractivity (Wildman–Crippen MR) is 78.4 cm³/mol. The average Bonchev–Trinajstić information content (AvgIpc) is 3.24. The minimum Gasteiger partial charge on any atom is -0.310 e. The molecule has 1 saturated carbocycles. The fraction of sp³-hybridized carbons (Fsp3) is 0.312. The van der Waals surface area contributed by atoms with Gasteiger partial charge < -0.3 is 5.32 Å². The van der Waals surface area contributed by atoms with Crippen LogP contribution in [0.2, 0.25) is 5.02 Å². The van der Waals surface area contributed by atoms with E-state index in [1.165, 1.54) is 24.0 Å². The lowest BCUT2D eigenvalue weighted by molar-refractivity contribution is 0.683. The lowest BCUT2D eigenvalue weighted by Crippen LogP contribution is -2.16. The summed E-state index contributed by atoms with van der Waals surface area (Å²) in [5, 5.41) is 4.35. The van der Waals surface area contributed by atoms with Crippen molar-refractivity contribution in [2.24, 2.45) is 0 Å². The first-order valence-electron chi connectivity index (χ1n) is 6.72. The largest absolute Gasteiger partial charge is 0.310 e. The van der Waals surface area contributed by atoms with Crippen molar-refractivity contribution in [2.75, 3.05) is 0 Å². The van der Waals surface area contributed by atoms with Gasteiger partial charge in [-0.15, -0.1) is 0 Å². The van der Waals surface area contributed by atoms with E-state index in [2.05, 4.69) is 28.5 Å². The third kappa shape index (κ3) is 3.55. The van der Waals surface area contributed by atoms with Gasteiger partial charge in [-0.2, -0.15) is 0 Å². The van der Waals surface area contributed by atoms with Gasteiger partial charge >= 0.3 is 0 Å². The molecular weight excluding hydrogens is 256 g/mol. The topological polar surface area (TPSA) is 24.9 Å². The van der Waals surface area contributed by atoms with Crippen LogP contribution in [0.4, 0.5) is 0 Å². The summed E-state index contributed by atoms with van der Waals surface area (Å²) in [4.78, 5) is 4.39. The highest BCUT2D eigenvalue weighted by molar-refractivity contribution is 6.30. The van der Waals surface area contributed by atoms with Gasteiger partial charge in [0.05, 0.1) is 0 Å². The molecule has 1 aliphatic rings. The summed E-state index contributed by atoms with van der Waals surface area (Å²) < 4.78 is 0. The molecule has 1 aliphatic carbocycles. The minimum absolute atomic E-state index is 0.710. The number of hydrogen-bond acceptors (Lipinski definition) is 2. The van der Waals surface area contributed by atoms with Crippen LogP contribution in [0.3, 0.4) is 0 Å². The number of rotatable bonds is 5. The molecule has 1 aromatic carbocycles. The molecule has 0 radical (unpaired) electrons. The van der Waals surface area contributed by atoms with E-state index in [1.54, 1.807) is 0 Å². The molecule has 2 aromatic rings. The highest BCUT2D eigenvalue weighted by atomic mass is 35.5. The van der Waals surface area contributed by atoms with E-state index in [9.17, 15) is 0 Å². The number of aromatic nitrogens is 1. The molecular formula is C16H17ClN2. The first kappa shape index (κ1) is 12.6. The molecule has 1 fully saturated rings. The Balaban J connectivity index is 1.78. The molecule has 0 amide bonds. The second-order valence-corrected chi connectivity index (χ2v) is 5.50. The van der Waals surface area contributed by atoms with Crippen molar-refractivity contribution in [2.45, 2.75) is 31.8 Å². The third-order valence-corrected chi connectivity index (χ3v) is 3.66. The summed E-state index contributed by atoms with van der Waals surface area (Å²) in [6.07, 6.45) is 5.30. The monoisotopic (exact) mass is 272 g/mol. The molecule has 19 heavy (non-hydrogen) atoms. The molecule has 1 heterocycles. The van der Waals surface area contributed by atoms with E-state index in [0.717, 1.165) is 23.7 Å². The van der Waals surface area contributed by atoms with Crippen LogP contribution in [-0.2, 0) is 13.0 Å². The Labute approximate surface area is 118 Å². The van der Waals surface area contributed by atoms with E-state index >= 15 is 0 Å². The Morgan fingerprint density at radius 2 is 2.05 bits per heavy atom. The van der Waals surface area contributed by atoms with Crippen molar-refractivity contribution in [3.05, 3.63) is 64.4 Å². The zero-order valence-electron chi connectivity index (χ0n) is 10.8. The highest BCUT2D eigenvalue weighted by Gasteiger charge is 2.20. The van der Waals surface area contributed by atoms with Crippen LogP contribution in [0.5, 0.6) is 0 Å². The van der Waals surface area contributed by atoms with Crippen LogP contribution in [0.25, 0.3) is 0 Å². The normalized spacial score (nSPS) is 14.6. The molecule has 0 aliphatic heterocycles. The van der Waals surface area contributed by atoms with Crippen LogP contribution in [0, 0.1) is 0 Å². The van der Waals surface area contributed by atoms with Crippen LogP contribution < -0.4 is 5.32 Å². The molecule has 1 aromatic heterocycles. The van der Waals surface area contributed by atoms with Gasteiger partial charge in [-0.1, -0.05) is 23.7 Å². The summed E-state index contributed by atoms with van der Waals surface area (Å²) in [7, 11) is 0. The van der Waals surface area contributed by atoms with E-state index < -0.39 is 0 Å². The maximum Gasteiger partial charge on any atom is 0.0447 e. The van der Waals surface area contributed by atoms with Crippen LogP contribution in [-0.4, -0.2) is 11.0 Å². The fourth-order valence-corrected chi connectivity index (χ4v) is 2.37. The highest BCUT2D eigenvalue weighted by Crippen LogP contribution is 2.22. The molecule has 0 unspecified atom stereocenters. The van der Waals surface area contributed by atoms with Gasteiger partial charge in [0.1, 0.15) is 0 Å². The molecule has 2 nitrogen and oxygen atoms in total. The number of nitrogens with one attached hydrogen (secondary N) is 1. The number of benzene rings is 1. The summed E-state index contributed by atoms with van der Waals surface area (Å²) in [6, 6.07) is 12.9. The van der Waals surface area contributed by atoms with Crippen LogP contribution >= 0.6 is 11.6 Å². The van der Waals surface area contributed by atoms with E-state index in [0.29, 0.717) is 6.04 Å². The minimum atomic E-state index is 0.710. The van der Waals surface area contributed by atoms with Crippen LogP contribution in [0.15, 0.2) is 42.6 Å². The standard InChI is InChI=1S/C16H17ClN2/c17-14-5-4-12(10-16-3-1-2-8-18-16)13(9-14)11-19-15-6-7-15/h1-5,8-9,15,19H,6-7,10-11H2. The van der Waals surface area contributed by atoms with E-state index in [1.807, 2.05) is 24.4 Å². The Hall–Kier alpha value is -1.38. The number of halogens is 1.